The number of hydrogen-bond acceptors (Lipinski definition) is 5. The third-order valence-corrected chi connectivity index (χ3v) is 3.90. The molecular weight excluding hydrogens is 310 g/mol. The molecule has 0 saturated carbocycles. The Balaban J connectivity index is 2.58. The number of amides is 1. The van der Waals surface area contributed by atoms with Gasteiger partial charge in [-0.1, -0.05) is 19.1 Å². The smallest absolute Gasteiger partial charge is 0.340 e. The number of methoxy groups -OCH3 is 2. The summed E-state index contributed by atoms with van der Waals surface area (Å²) in [5, 5.41) is 10.2. The molecule has 0 saturated heterocycles. The molecule has 0 fully saturated rings. The lowest BCUT2D eigenvalue weighted by Gasteiger charge is -2.16. The van der Waals surface area contributed by atoms with Crippen LogP contribution in [0.3, 0.4) is 0 Å². The van der Waals surface area contributed by atoms with Crippen LogP contribution in [0.15, 0.2) is 35.0 Å². The molecule has 6 heteroatoms. The summed E-state index contributed by atoms with van der Waals surface area (Å²) in [7, 11) is 2.72. The Morgan fingerprint density at radius 3 is 2.62 bits per heavy atom. The normalized spacial score (nSPS) is 16.1. The molecule has 1 heterocycles. The number of phenols is 1. The first kappa shape index (κ1) is 17.6. The van der Waals surface area contributed by atoms with Gasteiger partial charge in [0, 0.05) is 17.8 Å². The van der Waals surface area contributed by atoms with Gasteiger partial charge in [0.2, 0.25) is 0 Å². The lowest BCUT2D eigenvalue weighted by molar-refractivity contribution is -0.136. The molecule has 1 aliphatic rings. The maximum Gasteiger partial charge on any atom is 0.340 e. The number of carbonyl (C=O) groups excluding carboxylic acids is 2. The predicted molar refractivity (Wildman–Crippen MR) is 89.4 cm³/mol. The average molecular weight is 331 g/mol. The van der Waals surface area contributed by atoms with Gasteiger partial charge in [0.05, 0.1) is 25.4 Å². The van der Waals surface area contributed by atoms with Crippen LogP contribution in [0, 0.1) is 0 Å². The number of ether oxygens (including phenoxy) is 2. The van der Waals surface area contributed by atoms with Crippen molar-refractivity contribution in [3.63, 3.8) is 0 Å². The topological polar surface area (TPSA) is 76.1 Å². The Morgan fingerprint density at radius 2 is 2.04 bits per heavy atom. The molecule has 0 unspecified atom stereocenters. The summed E-state index contributed by atoms with van der Waals surface area (Å²) in [6.45, 7) is 4.17. The fraction of sp³-hybridized carbons (Fsp3) is 0.333. The van der Waals surface area contributed by atoms with E-state index in [1.807, 2.05) is 6.92 Å². The first-order valence-electron chi connectivity index (χ1n) is 7.65. The highest BCUT2D eigenvalue weighted by Crippen LogP contribution is 2.35. The number of hydrogen-bond donors (Lipinski definition) is 1. The van der Waals surface area contributed by atoms with Crippen molar-refractivity contribution in [2.24, 2.45) is 0 Å². The van der Waals surface area contributed by atoms with Crippen LogP contribution >= 0.6 is 0 Å². The van der Waals surface area contributed by atoms with Gasteiger partial charge in [0.25, 0.3) is 5.91 Å². The summed E-state index contributed by atoms with van der Waals surface area (Å²) in [5.41, 5.74) is 1.38. The molecule has 1 N–H and O–H groups in total. The monoisotopic (exact) mass is 331 g/mol. The van der Waals surface area contributed by atoms with E-state index in [0.717, 1.165) is 6.42 Å². The lowest BCUT2D eigenvalue weighted by Crippen LogP contribution is -2.25. The number of benzene rings is 1. The second kappa shape index (κ2) is 7.21. The van der Waals surface area contributed by atoms with Crippen molar-refractivity contribution in [2.45, 2.75) is 20.3 Å². The van der Waals surface area contributed by atoms with Crippen molar-refractivity contribution in [1.29, 1.82) is 0 Å². The Hall–Kier alpha value is -2.76. The van der Waals surface area contributed by atoms with Crippen LogP contribution in [-0.4, -0.2) is 42.6 Å². The van der Waals surface area contributed by atoms with E-state index in [2.05, 4.69) is 0 Å². The molecular formula is C18H21NO5. The van der Waals surface area contributed by atoms with E-state index >= 15 is 0 Å². The third-order valence-electron chi connectivity index (χ3n) is 3.90. The van der Waals surface area contributed by atoms with Gasteiger partial charge in [0.1, 0.15) is 0 Å². The molecule has 0 atom stereocenters. The maximum atomic E-state index is 12.7. The van der Waals surface area contributed by atoms with Gasteiger partial charge in [-0.15, -0.1) is 0 Å². The predicted octanol–water partition coefficient (Wildman–Crippen LogP) is 2.48. The maximum absolute atomic E-state index is 12.7. The summed E-state index contributed by atoms with van der Waals surface area (Å²) in [5.74, 6) is -0.651. The molecule has 24 heavy (non-hydrogen) atoms. The van der Waals surface area contributed by atoms with Gasteiger partial charge < -0.3 is 19.5 Å². The molecule has 128 valence electrons. The molecule has 0 aliphatic carbocycles. The fourth-order valence-electron chi connectivity index (χ4n) is 2.70. The van der Waals surface area contributed by atoms with Gasteiger partial charge in [-0.3, -0.25) is 4.79 Å². The molecule has 1 amide bonds. The largest absolute Gasteiger partial charge is 0.504 e. The summed E-state index contributed by atoms with van der Waals surface area (Å²) < 4.78 is 9.89. The van der Waals surface area contributed by atoms with Crippen LogP contribution in [0.25, 0.3) is 6.08 Å². The van der Waals surface area contributed by atoms with E-state index in [1.54, 1.807) is 30.0 Å². The summed E-state index contributed by atoms with van der Waals surface area (Å²) in [4.78, 5) is 26.4. The van der Waals surface area contributed by atoms with Gasteiger partial charge in [-0.2, -0.15) is 0 Å². The first-order chi connectivity index (χ1) is 11.5. The molecule has 1 aliphatic heterocycles. The second-order valence-corrected chi connectivity index (χ2v) is 5.36. The highest BCUT2D eigenvalue weighted by molar-refractivity contribution is 6.16. The van der Waals surface area contributed by atoms with E-state index in [9.17, 15) is 14.7 Å². The second-order valence-electron chi connectivity index (χ2n) is 5.36. The van der Waals surface area contributed by atoms with E-state index < -0.39 is 5.97 Å². The van der Waals surface area contributed by atoms with E-state index in [-0.39, 0.29) is 22.8 Å². The lowest BCUT2D eigenvalue weighted by atomic mass is 10.0. The Kier molecular flexibility index (Phi) is 5.28. The van der Waals surface area contributed by atoms with Crippen LogP contribution in [0.2, 0.25) is 0 Å². The quantitative estimate of drug-likeness (QED) is 0.663. The van der Waals surface area contributed by atoms with Crippen molar-refractivity contribution in [2.75, 3.05) is 20.8 Å². The number of aromatic hydroxyl groups is 1. The molecule has 0 spiro atoms. The molecule has 0 radical (unpaired) electrons. The third kappa shape index (κ3) is 2.99. The number of nitrogens with zero attached hydrogens (tertiary/aromatic N) is 1. The van der Waals surface area contributed by atoms with Gasteiger partial charge in [-0.05, 0) is 25.5 Å². The summed E-state index contributed by atoms with van der Waals surface area (Å²) in [6, 6.07) is 4.95. The summed E-state index contributed by atoms with van der Waals surface area (Å²) in [6.07, 6.45) is 2.25. The van der Waals surface area contributed by atoms with Crippen LogP contribution < -0.4 is 4.74 Å². The zero-order valence-corrected chi connectivity index (χ0v) is 14.3. The highest BCUT2D eigenvalue weighted by Gasteiger charge is 2.36. The van der Waals surface area contributed by atoms with E-state index in [1.165, 1.54) is 20.3 Å². The summed E-state index contributed by atoms with van der Waals surface area (Å²) >= 11 is 0. The SMILES string of the molecule is CCCN1C(=O)/C(=C\c2cccc(OC)c2O)C(C(=O)OC)=C1C. The fourth-order valence-corrected chi connectivity index (χ4v) is 2.70. The Morgan fingerprint density at radius 1 is 1.33 bits per heavy atom. The minimum Gasteiger partial charge on any atom is -0.504 e. The van der Waals surface area contributed by atoms with Crippen LogP contribution in [0.1, 0.15) is 25.8 Å². The van der Waals surface area contributed by atoms with Crippen LogP contribution in [0.5, 0.6) is 11.5 Å². The minimum atomic E-state index is -0.576. The molecule has 1 aromatic carbocycles. The van der Waals surface area contributed by atoms with Crippen molar-refractivity contribution in [1.82, 2.24) is 4.90 Å². The highest BCUT2D eigenvalue weighted by atomic mass is 16.5. The minimum absolute atomic E-state index is 0.0869. The average Bonchev–Trinajstić information content (AvgIpc) is 2.81. The van der Waals surface area contributed by atoms with Gasteiger partial charge >= 0.3 is 5.97 Å². The standard InChI is InChI=1S/C18H21NO5/c1-5-9-19-11(2)15(18(22)24-4)13(17(19)21)10-12-7-6-8-14(23-3)16(12)20/h6-8,10,20H,5,9H2,1-4H3/b13-10-. The van der Waals surface area contributed by atoms with Gasteiger partial charge in [-0.25, -0.2) is 4.79 Å². The number of phenolic OH excluding ortho intramolecular Hbond substituents is 1. The molecule has 1 aromatic rings. The van der Waals surface area contributed by atoms with E-state index in [4.69, 9.17) is 9.47 Å². The molecule has 0 bridgehead atoms. The van der Waals surface area contributed by atoms with Crippen molar-refractivity contribution < 1.29 is 24.2 Å². The zero-order chi connectivity index (χ0) is 17.9. The number of rotatable bonds is 5. The van der Waals surface area contributed by atoms with Crippen molar-refractivity contribution in [3.8, 4) is 11.5 Å². The number of carbonyl (C=O) groups is 2. The van der Waals surface area contributed by atoms with Crippen molar-refractivity contribution in [3.05, 3.63) is 40.6 Å². The number of esters is 1. The van der Waals surface area contributed by atoms with Crippen LogP contribution in [-0.2, 0) is 14.3 Å². The first-order valence-corrected chi connectivity index (χ1v) is 7.65. The van der Waals surface area contributed by atoms with Crippen LogP contribution in [0.4, 0.5) is 0 Å². The Labute approximate surface area is 141 Å². The number of para-hydroxylation sites is 1. The van der Waals surface area contributed by atoms with Gasteiger partial charge in [0.15, 0.2) is 11.5 Å². The zero-order valence-electron chi connectivity index (χ0n) is 14.3. The van der Waals surface area contributed by atoms with E-state index in [0.29, 0.717) is 23.6 Å². The molecule has 2 rings (SSSR count). The molecule has 0 aromatic heterocycles. The van der Waals surface area contributed by atoms with Crippen molar-refractivity contribution >= 4 is 18.0 Å². The Bertz CT molecular complexity index is 733. The molecule has 6 nitrogen and oxygen atoms in total. The number of allylic oxidation sites excluding steroid dienone is 1.